The molecule has 3 nitrogen and oxygen atoms in total. The molecule has 0 radical (unpaired) electrons. The molecule has 29 heavy (non-hydrogen) atoms. The average Bonchev–Trinajstić information content (AvgIpc) is 3.35. The Bertz CT molecular complexity index is 1300. The Morgan fingerprint density at radius 3 is 2.59 bits per heavy atom. The van der Waals surface area contributed by atoms with Gasteiger partial charge in [-0.1, -0.05) is 66.7 Å². The number of fused-ring (bicyclic) bond motifs is 2. The summed E-state index contributed by atoms with van der Waals surface area (Å²) in [6, 6.07) is 28.6. The highest BCUT2D eigenvalue weighted by molar-refractivity contribution is 7.17. The van der Waals surface area contributed by atoms with Gasteiger partial charge in [-0.15, -0.1) is 11.3 Å². The quantitative estimate of drug-likeness (QED) is 0.369. The lowest BCUT2D eigenvalue weighted by molar-refractivity contribution is 0.101. The Hall–Kier alpha value is -3.37. The number of hydrogen-bond acceptors (Lipinski definition) is 2. The van der Waals surface area contributed by atoms with E-state index in [-0.39, 0.29) is 5.91 Å². The number of aryl methyl sites for hydroxylation is 2. The minimum atomic E-state index is -0.0715. The maximum absolute atomic E-state index is 13.2. The highest BCUT2D eigenvalue weighted by Crippen LogP contribution is 2.28. The summed E-state index contributed by atoms with van der Waals surface area (Å²) >= 11 is 1.67. The summed E-state index contributed by atoms with van der Waals surface area (Å²) < 4.78 is 3.28. The van der Waals surface area contributed by atoms with Gasteiger partial charge >= 0.3 is 0 Å². The second kappa shape index (κ2) is 7.57. The standard InChI is InChI=1S/C25H20N2OS/c28-25(26-21-12-6-10-19-9-4-5-11-20(19)21)23-17-24-22(14-16-29-24)27(23)15-13-18-7-2-1-3-8-18/h1-12,14,16-17H,13,15H2,(H,26,28). The molecule has 2 aromatic heterocycles. The van der Waals surface area contributed by atoms with Gasteiger partial charge in [0.15, 0.2) is 0 Å². The summed E-state index contributed by atoms with van der Waals surface area (Å²) in [7, 11) is 0. The number of carbonyl (C=O) groups is 1. The maximum atomic E-state index is 13.2. The minimum absolute atomic E-state index is 0.0715. The molecule has 3 aromatic carbocycles. The molecule has 4 heteroatoms. The SMILES string of the molecule is O=C(Nc1cccc2ccccc12)c1cc2sccc2n1CCc1ccccc1. The minimum Gasteiger partial charge on any atom is -0.335 e. The van der Waals surface area contributed by atoms with Gasteiger partial charge in [0.1, 0.15) is 5.69 Å². The van der Waals surface area contributed by atoms with Gasteiger partial charge in [-0.3, -0.25) is 4.79 Å². The average molecular weight is 397 g/mol. The summed E-state index contributed by atoms with van der Waals surface area (Å²) in [5.41, 5.74) is 3.93. The number of nitrogens with one attached hydrogen (secondary N) is 1. The van der Waals surface area contributed by atoms with Crippen LogP contribution in [0.15, 0.2) is 90.3 Å². The Balaban J connectivity index is 1.47. The van der Waals surface area contributed by atoms with Gasteiger partial charge in [-0.25, -0.2) is 0 Å². The topological polar surface area (TPSA) is 34.0 Å². The zero-order chi connectivity index (χ0) is 19.6. The summed E-state index contributed by atoms with van der Waals surface area (Å²) in [4.78, 5) is 13.2. The van der Waals surface area contributed by atoms with Crippen molar-refractivity contribution in [3.05, 3.63) is 102 Å². The molecule has 0 saturated carbocycles. The Kier molecular flexibility index (Phi) is 4.62. The molecule has 1 amide bonds. The van der Waals surface area contributed by atoms with Crippen molar-refractivity contribution in [1.82, 2.24) is 4.57 Å². The predicted octanol–water partition coefficient (Wildman–Crippen LogP) is 6.35. The summed E-state index contributed by atoms with van der Waals surface area (Å²) in [6.07, 6.45) is 0.884. The summed E-state index contributed by atoms with van der Waals surface area (Å²) in [5.74, 6) is -0.0715. The fourth-order valence-electron chi connectivity index (χ4n) is 3.81. The third-order valence-electron chi connectivity index (χ3n) is 5.26. The molecule has 0 fully saturated rings. The van der Waals surface area contributed by atoms with E-state index in [0.717, 1.165) is 39.6 Å². The van der Waals surface area contributed by atoms with Crippen molar-refractivity contribution in [2.45, 2.75) is 13.0 Å². The largest absolute Gasteiger partial charge is 0.335 e. The number of rotatable bonds is 5. The first-order chi connectivity index (χ1) is 14.3. The van der Waals surface area contributed by atoms with Crippen LogP contribution in [0.5, 0.6) is 0 Å². The zero-order valence-corrected chi connectivity index (χ0v) is 16.7. The zero-order valence-electron chi connectivity index (χ0n) is 15.8. The number of anilines is 1. The first kappa shape index (κ1) is 17.7. The van der Waals surface area contributed by atoms with E-state index in [1.54, 1.807) is 11.3 Å². The molecule has 1 N–H and O–H groups in total. The highest BCUT2D eigenvalue weighted by Gasteiger charge is 2.17. The second-order valence-corrected chi connectivity index (χ2v) is 8.02. The Morgan fingerprint density at radius 1 is 0.897 bits per heavy atom. The molecule has 0 spiro atoms. The van der Waals surface area contributed by atoms with Crippen molar-refractivity contribution in [2.75, 3.05) is 5.32 Å². The van der Waals surface area contributed by atoms with Gasteiger partial charge < -0.3 is 9.88 Å². The van der Waals surface area contributed by atoms with Gasteiger partial charge in [-0.05, 0) is 40.9 Å². The Morgan fingerprint density at radius 2 is 1.69 bits per heavy atom. The second-order valence-electron chi connectivity index (χ2n) is 7.07. The molecule has 0 atom stereocenters. The fraction of sp³-hybridized carbons (Fsp3) is 0.0800. The first-order valence-corrected chi connectivity index (χ1v) is 10.6. The van der Waals surface area contributed by atoms with Crippen LogP contribution in [0.3, 0.4) is 0 Å². The van der Waals surface area contributed by atoms with Crippen LogP contribution in [0.4, 0.5) is 5.69 Å². The maximum Gasteiger partial charge on any atom is 0.272 e. The van der Waals surface area contributed by atoms with Crippen LogP contribution in [0.2, 0.25) is 0 Å². The molecule has 0 aliphatic rings. The lowest BCUT2D eigenvalue weighted by Crippen LogP contribution is -2.18. The van der Waals surface area contributed by atoms with E-state index in [0.29, 0.717) is 5.69 Å². The molecule has 0 unspecified atom stereocenters. The molecule has 142 valence electrons. The summed E-state index contributed by atoms with van der Waals surface area (Å²) in [5, 5.41) is 7.38. The molecule has 2 heterocycles. The number of thiophene rings is 1. The molecule has 5 rings (SSSR count). The Labute approximate surface area is 173 Å². The van der Waals surface area contributed by atoms with Gasteiger partial charge in [0.05, 0.1) is 10.2 Å². The third kappa shape index (κ3) is 3.43. The van der Waals surface area contributed by atoms with Gasteiger partial charge in [0.2, 0.25) is 0 Å². The molecular formula is C25H20N2OS. The van der Waals surface area contributed by atoms with E-state index in [4.69, 9.17) is 0 Å². The number of nitrogens with zero attached hydrogens (tertiary/aromatic N) is 1. The van der Waals surface area contributed by atoms with Crippen molar-refractivity contribution in [3.8, 4) is 0 Å². The van der Waals surface area contributed by atoms with Crippen LogP contribution < -0.4 is 5.32 Å². The lowest BCUT2D eigenvalue weighted by atomic mass is 10.1. The highest BCUT2D eigenvalue weighted by atomic mass is 32.1. The molecule has 0 saturated heterocycles. The van der Waals surface area contributed by atoms with Gasteiger partial charge in [-0.2, -0.15) is 0 Å². The number of amides is 1. The van der Waals surface area contributed by atoms with E-state index < -0.39 is 0 Å². The third-order valence-corrected chi connectivity index (χ3v) is 6.11. The van der Waals surface area contributed by atoms with Crippen molar-refractivity contribution in [1.29, 1.82) is 0 Å². The van der Waals surface area contributed by atoms with E-state index >= 15 is 0 Å². The number of benzene rings is 3. The first-order valence-electron chi connectivity index (χ1n) is 9.69. The van der Waals surface area contributed by atoms with Gasteiger partial charge in [0.25, 0.3) is 5.91 Å². The van der Waals surface area contributed by atoms with Crippen LogP contribution in [0.1, 0.15) is 16.1 Å². The van der Waals surface area contributed by atoms with Crippen LogP contribution >= 0.6 is 11.3 Å². The van der Waals surface area contributed by atoms with E-state index in [1.165, 1.54) is 5.56 Å². The van der Waals surface area contributed by atoms with Gasteiger partial charge in [0, 0.05) is 17.6 Å². The predicted molar refractivity (Wildman–Crippen MR) is 122 cm³/mol. The smallest absolute Gasteiger partial charge is 0.272 e. The molecule has 0 bridgehead atoms. The molecule has 0 aliphatic carbocycles. The molecule has 5 aromatic rings. The van der Waals surface area contributed by atoms with E-state index in [2.05, 4.69) is 57.7 Å². The van der Waals surface area contributed by atoms with E-state index in [1.807, 2.05) is 42.5 Å². The monoisotopic (exact) mass is 396 g/mol. The van der Waals surface area contributed by atoms with Crippen molar-refractivity contribution in [3.63, 3.8) is 0 Å². The fourth-order valence-corrected chi connectivity index (χ4v) is 4.63. The van der Waals surface area contributed by atoms with Crippen molar-refractivity contribution in [2.24, 2.45) is 0 Å². The number of hydrogen-bond donors (Lipinski definition) is 1. The van der Waals surface area contributed by atoms with Crippen LogP contribution in [-0.4, -0.2) is 10.5 Å². The van der Waals surface area contributed by atoms with Crippen LogP contribution in [0.25, 0.3) is 21.0 Å². The van der Waals surface area contributed by atoms with Crippen LogP contribution in [-0.2, 0) is 13.0 Å². The summed E-state index contributed by atoms with van der Waals surface area (Å²) in [6.45, 7) is 0.766. The number of carbonyl (C=O) groups excluding carboxylic acids is 1. The van der Waals surface area contributed by atoms with E-state index in [9.17, 15) is 4.79 Å². The molecule has 0 aliphatic heterocycles. The number of aromatic nitrogens is 1. The molecular weight excluding hydrogens is 376 g/mol. The normalized spacial score (nSPS) is 11.2. The van der Waals surface area contributed by atoms with Crippen molar-refractivity contribution >= 4 is 43.9 Å². The van der Waals surface area contributed by atoms with Crippen LogP contribution in [0, 0.1) is 0 Å². The lowest BCUT2D eigenvalue weighted by Gasteiger charge is -2.12. The van der Waals surface area contributed by atoms with Crippen molar-refractivity contribution < 1.29 is 4.79 Å².